The molecule has 0 aromatic carbocycles. The molecule has 1 rings (SSSR count). The molecule has 0 bridgehead atoms. The third kappa shape index (κ3) is 4.73. The van der Waals surface area contributed by atoms with Crippen LogP contribution < -0.4 is 5.73 Å². The van der Waals surface area contributed by atoms with Gasteiger partial charge in [-0.25, -0.2) is 0 Å². The molecule has 0 spiro atoms. The van der Waals surface area contributed by atoms with Crippen molar-refractivity contribution in [1.29, 1.82) is 0 Å². The topological polar surface area (TPSA) is 29.3 Å². The van der Waals surface area contributed by atoms with Crippen LogP contribution in [-0.2, 0) is 0 Å². The largest absolute Gasteiger partial charge is 0.328 e. The van der Waals surface area contributed by atoms with E-state index in [1.807, 2.05) is 0 Å². The Morgan fingerprint density at radius 1 is 1.33 bits per heavy atom. The second kappa shape index (κ2) is 4.83. The van der Waals surface area contributed by atoms with Crippen LogP contribution in [0.1, 0.15) is 32.1 Å². The average molecular weight is 170 g/mol. The summed E-state index contributed by atoms with van der Waals surface area (Å²) in [7, 11) is 4.21. The van der Waals surface area contributed by atoms with Gasteiger partial charge < -0.3 is 10.6 Å². The van der Waals surface area contributed by atoms with Crippen molar-refractivity contribution in [2.24, 2.45) is 11.7 Å². The molecule has 1 aliphatic carbocycles. The lowest BCUT2D eigenvalue weighted by Gasteiger charge is -2.14. The van der Waals surface area contributed by atoms with Gasteiger partial charge in [-0.1, -0.05) is 12.8 Å². The molecule has 1 aliphatic rings. The molecule has 1 unspecified atom stereocenters. The Hall–Kier alpha value is -0.0800. The van der Waals surface area contributed by atoms with Gasteiger partial charge in [0.25, 0.3) is 0 Å². The highest BCUT2D eigenvalue weighted by molar-refractivity contribution is 4.75. The number of hydrogen-bond acceptors (Lipinski definition) is 2. The van der Waals surface area contributed by atoms with Crippen molar-refractivity contribution in [3.05, 3.63) is 0 Å². The summed E-state index contributed by atoms with van der Waals surface area (Å²) in [6, 6.07) is 0.438. The summed E-state index contributed by atoms with van der Waals surface area (Å²) in [6.45, 7) is 1.13. The van der Waals surface area contributed by atoms with E-state index in [1.54, 1.807) is 0 Å². The van der Waals surface area contributed by atoms with Gasteiger partial charge in [-0.15, -0.1) is 0 Å². The monoisotopic (exact) mass is 170 g/mol. The minimum Gasteiger partial charge on any atom is -0.328 e. The van der Waals surface area contributed by atoms with Gasteiger partial charge in [0.1, 0.15) is 0 Å². The van der Waals surface area contributed by atoms with E-state index < -0.39 is 0 Å². The van der Waals surface area contributed by atoms with E-state index in [1.165, 1.54) is 25.7 Å². The van der Waals surface area contributed by atoms with Crippen LogP contribution in [0.2, 0.25) is 0 Å². The molecule has 1 saturated carbocycles. The van der Waals surface area contributed by atoms with Crippen molar-refractivity contribution in [3.8, 4) is 0 Å². The van der Waals surface area contributed by atoms with Crippen LogP contribution in [0.5, 0.6) is 0 Å². The molecule has 0 radical (unpaired) electrons. The van der Waals surface area contributed by atoms with Crippen molar-refractivity contribution in [2.75, 3.05) is 20.6 Å². The standard InChI is InChI=1S/C10H22N2/c1-12(2)8-7-10(11)6-5-9-3-4-9/h9-10H,3-8,11H2,1-2H3. The van der Waals surface area contributed by atoms with E-state index in [4.69, 9.17) is 5.73 Å². The first kappa shape index (κ1) is 10.0. The van der Waals surface area contributed by atoms with E-state index in [9.17, 15) is 0 Å². The zero-order valence-electron chi connectivity index (χ0n) is 8.42. The fourth-order valence-electron chi connectivity index (χ4n) is 1.42. The Morgan fingerprint density at radius 3 is 2.50 bits per heavy atom. The molecule has 0 heterocycles. The van der Waals surface area contributed by atoms with Crippen molar-refractivity contribution >= 4 is 0 Å². The van der Waals surface area contributed by atoms with E-state index >= 15 is 0 Å². The van der Waals surface area contributed by atoms with Gasteiger partial charge in [-0.05, 0) is 45.8 Å². The summed E-state index contributed by atoms with van der Waals surface area (Å²) in [5, 5.41) is 0. The van der Waals surface area contributed by atoms with Gasteiger partial charge in [0, 0.05) is 6.04 Å². The van der Waals surface area contributed by atoms with Gasteiger partial charge in [0.05, 0.1) is 0 Å². The Kier molecular flexibility index (Phi) is 4.02. The third-order valence-corrected chi connectivity index (χ3v) is 2.59. The van der Waals surface area contributed by atoms with Gasteiger partial charge in [0.15, 0.2) is 0 Å². The van der Waals surface area contributed by atoms with E-state index in [0.29, 0.717) is 6.04 Å². The number of rotatable bonds is 6. The Labute approximate surface area is 76.1 Å². The van der Waals surface area contributed by atoms with Gasteiger partial charge >= 0.3 is 0 Å². The van der Waals surface area contributed by atoms with Crippen LogP contribution in [0.4, 0.5) is 0 Å². The predicted molar refractivity (Wildman–Crippen MR) is 53.1 cm³/mol. The highest BCUT2D eigenvalue weighted by Crippen LogP contribution is 2.33. The number of nitrogens with zero attached hydrogens (tertiary/aromatic N) is 1. The molecule has 0 aromatic heterocycles. The molecule has 1 atom stereocenters. The molecule has 2 heteroatoms. The van der Waals surface area contributed by atoms with Crippen LogP contribution in [0, 0.1) is 5.92 Å². The van der Waals surface area contributed by atoms with Gasteiger partial charge in [0.2, 0.25) is 0 Å². The Balaban J connectivity index is 1.91. The zero-order valence-corrected chi connectivity index (χ0v) is 8.42. The van der Waals surface area contributed by atoms with Gasteiger partial charge in [-0.3, -0.25) is 0 Å². The molecule has 2 nitrogen and oxygen atoms in total. The zero-order chi connectivity index (χ0) is 8.97. The minimum atomic E-state index is 0.438. The SMILES string of the molecule is CN(C)CCC(N)CCC1CC1. The van der Waals surface area contributed by atoms with Crippen LogP contribution in [-0.4, -0.2) is 31.6 Å². The molecular formula is C10H22N2. The van der Waals surface area contributed by atoms with Gasteiger partial charge in [-0.2, -0.15) is 0 Å². The molecule has 12 heavy (non-hydrogen) atoms. The summed E-state index contributed by atoms with van der Waals surface area (Å²) in [4.78, 5) is 2.21. The van der Waals surface area contributed by atoms with Crippen molar-refractivity contribution in [2.45, 2.75) is 38.1 Å². The summed E-state index contributed by atoms with van der Waals surface area (Å²) in [5.41, 5.74) is 5.97. The summed E-state index contributed by atoms with van der Waals surface area (Å²) in [5.74, 6) is 1.04. The van der Waals surface area contributed by atoms with Crippen molar-refractivity contribution in [3.63, 3.8) is 0 Å². The highest BCUT2D eigenvalue weighted by Gasteiger charge is 2.21. The first-order valence-electron chi connectivity index (χ1n) is 5.09. The van der Waals surface area contributed by atoms with E-state index in [2.05, 4.69) is 19.0 Å². The number of hydrogen-bond donors (Lipinski definition) is 1. The van der Waals surface area contributed by atoms with E-state index in [-0.39, 0.29) is 0 Å². The summed E-state index contributed by atoms with van der Waals surface area (Å²) in [6.07, 6.45) is 6.67. The fraction of sp³-hybridized carbons (Fsp3) is 1.00. The molecule has 0 aliphatic heterocycles. The first-order chi connectivity index (χ1) is 5.68. The minimum absolute atomic E-state index is 0.438. The highest BCUT2D eigenvalue weighted by atomic mass is 15.0. The van der Waals surface area contributed by atoms with Crippen LogP contribution in [0.15, 0.2) is 0 Å². The lowest BCUT2D eigenvalue weighted by Crippen LogP contribution is -2.26. The molecule has 0 saturated heterocycles. The number of nitrogens with two attached hydrogens (primary N) is 1. The molecule has 0 aromatic rings. The average Bonchev–Trinajstić information content (AvgIpc) is 2.80. The Bertz CT molecular complexity index is 113. The van der Waals surface area contributed by atoms with Crippen LogP contribution >= 0.6 is 0 Å². The molecule has 0 amide bonds. The smallest absolute Gasteiger partial charge is 0.00511 e. The molecule has 2 N–H and O–H groups in total. The van der Waals surface area contributed by atoms with Crippen LogP contribution in [0.25, 0.3) is 0 Å². The molecular weight excluding hydrogens is 148 g/mol. The predicted octanol–water partition coefficient (Wildman–Crippen LogP) is 1.46. The van der Waals surface area contributed by atoms with Crippen molar-refractivity contribution < 1.29 is 0 Å². The lowest BCUT2D eigenvalue weighted by molar-refractivity contribution is 0.370. The normalized spacial score (nSPS) is 20.0. The third-order valence-electron chi connectivity index (χ3n) is 2.59. The lowest BCUT2D eigenvalue weighted by atomic mass is 10.1. The summed E-state index contributed by atoms with van der Waals surface area (Å²) >= 11 is 0. The van der Waals surface area contributed by atoms with Crippen LogP contribution in [0.3, 0.4) is 0 Å². The first-order valence-corrected chi connectivity index (χ1v) is 5.09. The maximum absolute atomic E-state index is 5.97. The fourth-order valence-corrected chi connectivity index (χ4v) is 1.42. The maximum Gasteiger partial charge on any atom is 0.00511 e. The Morgan fingerprint density at radius 2 is 2.00 bits per heavy atom. The van der Waals surface area contributed by atoms with E-state index in [0.717, 1.165) is 18.9 Å². The molecule has 72 valence electrons. The molecule has 1 fully saturated rings. The summed E-state index contributed by atoms with van der Waals surface area (Å²) < 4.78 is 0. The van der Waals surface area contributed by atoms with Crippen molar-refractivity contribution in [1.82, 2.24) is 4.90 Å². The second-order valence-corrected chi connectivity index (χ2v) is 4.37. The second-order valence-electron chi connectivity index (χ2n) is 4.37. The quantitative estimate of drug-likeness (QED) is 0.654. The maximum atomic E-state index is 5.97.